The number of hydrogen-bond donors (Lipinski definition) is 5. The van der Waals surface area contributed by atoms with Gasteiger partial charge in [0.1, 0.15) is 28.9 Å². The average molecular weight is 304 g/mol. The van der Waals surface area contributed by atoms with Crippen LogP contribution in [-0.4, -0.2) is 31.3 Å². The summed E-state index contributed by atoms with van der Waals surface area (Å²) in [5, 5.41) is 47.7. The summed E-state index contributed by atoms with van der Waals surface area (Å²) in [6.07, 6.45) is -0.963. The van der Waals surface area contributed by atoms with E-state index in [0.717, 1.165) is 12.1 Å². The number of carbonyl (C=O) groups excluding carboxylic acids is 1. The molecule has 0 aromatic heterocycles. The molecule has 1 aliphatic rings. The lowest BCUT2D eigenvalue weighted by atomic mass is 9.95. The largest absolute Gasteiger partial charge is 0.508 e. The molecule has 114 valence electrons. The van der Waals surface area contributed by atoms with Crippen molar-refractivity contribution in [3.63, 3.8) is 0 Å². The molecule has 0 unspecified atom stereocenters. The normalized spacial score (nSPS) is 16.9. The Balaban J connectivity index is 2.06. The minimum atomic E-state index is -0.804. The van der Waals surface area contributed by atoms with Gasteiger partial charge in [-0.2, -0.15) is 0 Å². The molecule has 1 atom stereocenters. The first-order valence-corrected chi connectivity index (χ1v) is 6.37. The van der Waals surface area contributed by atoms with Crippen molar-refractivity contribution in [3.8, 4) is 34.5 Å². The molecule has 0 aliphatic carbocycles. The second-order valence-electron chi connectivity index (χ2n) is 4.98. The SMILES string of the molecule is O=C1C[C@@H](c2cc(O)cc(O)c2)Oc2cc(O)c(O)c(O)c21. The molecular formula is C15H12O7. The van der Waals surface area contributed by atoms with Crippen LogP contribution < -0.4 is 4.74 Å². The summed E-state index contributed by atoms with van der Waals surface area (Å²) in [7, 11) is 0. The van der Waals surface area contributed by atoms with Crippen LogP contribution in [0.4, 0.5) is 0 Å². The van der Waals surface area contributed by atoms with Crippen LogP contribution in [0.25, 0.3) is 0 Å². The summed E-state index contributed by atoms with van der Waals surface area (Å²) in [5.74, 6) is -3.11. The summed E-state index contributed by atoms with van der Waals surface area (Å²) < 4.78 is 5.54. The monoisotopic (exact) mass is 304 g/mol. The summed E-state index contributed by atoms with van der Waals surface area (Å²) in [6, 6.07) is 4.83. The topological polar surface area (TPSA) is 127 Å². The predicted molar refractivity (Wildman–Crippen MR) is 73.5 cm³/mol. The van der Waals surface area contributed by atoms with Gasteiger partial charge in [0.05, 0.1) is 6.42 Å². The van der Waals surface area contributed by atoms with Crippen molar-refractivity contribution in [2.24, 2.45) is 0 Å². The van der Waals surface area contributed by atoms with Gasteiger partial charge in [0.25, 0.3) is 0 Å². The van der Waals surface area contributed by atoms with Crippen molar-refractivity contribution in [3.05, 3.63) is 35.4 Å². The Morgan fingerprint density at radius 3 is 2.18 bits per heavy atom. The van der Waals surface area contributed by atoms with Crippen LogP contribution in [-0.2, 0) is 0 Å². The highest BCUT2D eigenvalue weighted by molar-refractivity contribution is 6.03. The Labute approximate surface area is 124 Å². The fraction of sp³-hybridized carbons (Fsp3) is 0.133. The molecule has 0 fully saturated rings. The molecule has 0 spiro atoms. The first-order valence-electron chi connectivity index (χ1n) is 6.37. The molecule has 22 heavy (non-hydrogen) atoms. The zero-order valence-electron chi connectivity index (χ0n) is 11.1. The molecule has 2 aromatic carbocycles. The van der Waals surface area contributed by atoms with E-state index in [1.54, 1.807) is 0 Å². The van der Waals surface area contributed by atoms with E-state index in [9.17, 15) is 30.3 Å². The van der Waals surface area contributed by atoms with Crippen LogP contribution in [0.3, 0.4) is 0 Å². The van der Waals surface area contributed by atoms with Gasteiger partial charge in [-0.1, -0.05) is 0 Å². The Hall–Kier alpha value is -3.09. The van der Waals surface area contributed by atoms with Crippen LogP contribution in [0.5, 0.6) is 34.5 Å². The van der Waals surface area contributed by atoms with Crippen LogP contribution in [0.2, 0.25) is 0 Å². The first-order chi connectivity index (χ1) is 10.4. The molecule has 3 rings (SSSR count). The zero-order valence-corrected chi connectivity index (χ0v) is 11.1. The molecule has 7 nitrogen and oxygen atoms in total. The van der Waals surface area contributed by atoms with E-state index in [-0.39, 0.29) is 29.2 Å². The number of phenols is 5. The van der Waals surface area contributed by atoms with Crippen LogP contribution in [0.1, 0.15) is 28.4 Å². The third-order valence-electron chi connectivity index (χ3n) is 3.43. The molecule has 0 radical (unpaired) electrons. The molecule has 5 N–H and O–H groups in total. The highest BCUT2D eigenvalue weighted by atomic mass is 16.5. The molecule has 7 heteroatoms. The number of ketones is 1. The minimum Gasteiger partial charge on any atom is -0.508 e. The van der Waals surface area contributed by atoms with Gasteiger partial charge in [-0.3, -0.25) is 4.79 Å². The summed E-state index contributed by atoms with van der Waals surface area (Å²) in [4.78, 5) is 12.2. The second-order valence-corrected chi connectivity index (χ2v) is 4.98. The van der Waals surface area contributed by atoms with E-state index in [2.05, 4.69) is 0 Å². The molecular weight excluding hydrogens is 292 g/mol. The quantitative estimate of drug-likeness (QED) is 0.509. The van der Waals surface area contributed by atoms with Gasteiger partial charge in [-0.15, -0.1) is 0 Å². The van der Waals surface area contributed by atoms with E-state index in [4.69, 9.17) is 4.74 Å². The summed E-state index contributed by atoms with van der Waals surface area (Å²) in [5.41, 5.74) is 0.152. The predicted octanol–water partition coefficient (Wildman–Crippen LogP) is 1.92. The molecule has 0 bridgehead atoms. The van der Waals surface area contributed by atoms with Gasteiger partial charge in [-0.05, 0) is 12.1 Å². The van der Waals surface area contributed by atoms with Gasteiger partial charge < -0.3 is 30.3 Å². The van der Waals surface area contributed by atoms with E-state index < -0.39 is 29.1 Å². The van der Waals surface area contributed by atoms with Crippen molar-refractivity contribution < 1.29 is 35.1 Å². The smallest absolute Gasteiger partial charge is 0.201 e. The van der Waals surface area contributed by atoms with Gasteiger partial charge >= 0.3 is 0 Å². The summed E-state index contributed by atoms with van der Waals surface area (Å²) >= 11 is 0. The highest BCUT2D eigenvalue weighted by Gasteiger charge is 2.33. The number of Topliss-reactive ketones (excluding diaryl/α,β-unsaturated/α-hetero) is 1. The lowest BCUT2D eigenvalue weighted by Crippen LogP contribution is -2.20. The Morgan fingerprint density at radius 2 is 1.55 bits per heavy atom. The van der Waals surface area contributed by atoms with Crippen molar-refractivity contribution in [2.45, 2.75) is 12.5 Å². The first kappa shape index (κ1) is 13.9. The maximum absolute atomic E-state index is 12.2. The fourth-order valence-electron chi connectivity index (χ4n) is 2.44. The third-order valence-corrected chi connectivity index (χ3v) is 3.43. The Morgan fingerprint density at radius 1 is 0.909 bits per heavy atom. The van der Waals surface area contributed by atoms with E-state index in [0.29, 0.717) is 5.56 Å². The van der Waals surface area contributed by atoms with Gasteiger partial charge in [0, 0.05) is 17.7 Å². The number of hydrogen-bond acceptors (Lipinski definition) is 7. The summed E-state index contributed by atoms with van der Waals surface area (Å²) in [6.45, 7) is 0. The van der Waals surface area contributed by atoms with E-state index in [1.807, 2.05) is 0 Å². The molecule has 0 amide bonds. The molecule has 2 aromatic rings. The number of phenolic OH excluding ortho intramolecular Hbond substituents is 5. The maximum Gasteiger partial charge on any atom is 0.201 e. The van der Waals surface area contributed by atoms with Gasteiger partial charge in [-0.25, -0.2) is 0 Å². The highest BCUT2D eigenvalue weighted by Crippen LogP contribution is 2.48. The fourth-order valence-corrected chi connectivity index (χ4v) is 2.44. The minimum absolute atomic E-state index is 0.0862. The molecule has 1 aliphatic heterocycles. The maximum atomic E-state index is 12.2. The second kappa shape index (κ2) is 4.73. The molecule has 1 heterocycles. The van der Waals surface area contributed by atoms with Crippen LogP contribution >= 0.6 is 0 Å². The van der Waals surface area contributed by atoms with Crippen molar-refractivity contribution in [1.29, 1.82) is 0 Å². The van der Waals surface area contributed by atoms with E-state index >= 15 is 0 Å². The number of rotatable bonds is 1. The third kappa shape index (κ3) is 2.12. The number of carbonyl (C=O) groups is 1. The molecule has 0 saturated heterocycles. The van der Waals surface area contributed by atoms with Crippen LogP contribution in [0, 0.1) is 0 Å². The van der Waals surface area contributed by atoms with Crippen molar-refractivity contribution in [2.75, 3.05) is 0 Å². The number of aromatic hydroxyl groups is 5. The van der Waals surface area contributed by atoms with Crippen LogP contribution in [0.15, 0.2) is 24.3 Å². The van der Waals surface area contributed by atoms with E-state index in [1.165, 1.54) is 12.1 Å². The molecule has 0 saturated carbocycles. The lowest BCUT2D eigenvalue weighted by Gasteiger charge is -2.26. The average Bonchev–Trinajstić information content (AvgIpc) is 2.43. The van der Waals surface area contributed by atoms with Gasteiger partial charge in [0.2, 0.25) is 5.75 Å². The standard InChI is InChI=1S/C15H12O7/c16-7-1-6(2-8(17)3-7)11-4-9(18)13-12(22-11)5-10(19)14(20)15(13)21/h1-3,5,11,16-17,19-21H,4H2/t11-/m0/s1. The number of ether oxygens (including phenoxy) is 1. The van der Waals surface area contributed by atoms with Crippen molar-refractivity contribution >= 4 is 5.78 Å². The van der Waals surface area contributed by atoms with Crippen molar-refractivity contribution in [1.82, 2.24) is 0 Å². The van der Waals surface area contributed by atoms with Gasteiger partial charge in [0.15, 0.2) is 17.3 Å². The number of benzene rings is 2. The number of fused-ring (bicyclic) bond motifs is 1. The Kier molecular flexibility index (Phi) is 2.98. The zero-order chi connectivity index (χ0) is 16.0. The lowest BCUT2D eigenvalue weighted by molar-refractivity contribution is 0.0842. The Bertz CT molecular complexity index is 762.